The first-order valence-electron chi connectivity index (χ1n) is 12.8. The lowest BCUT2D eigenvalue weighted by molar-refractivity contribution is 0.0734. The Morgan fingerprint density at radius 1 is 0.618 bits per heavy atom. The van der Waals surface area contributed by atoms with Crippen molar-refractivity contribution in [2.75, 3.05) is 6.61 Å². The quantitative estimate of drug-likeness (QED) is 0.138. The molecule has 0 aliphatic heterocycles. The van der Waals surface area contributed by atoms with Crippen LogP contribution in [0.15, 0.2) is 72.8 Å². The van der Waals surface area contributed by atoms with Crippen LogP contribution in [0, 0.1) is 0 Å². The first kappa shape index (κ1) is 25.6. The fourth-order valence-corrected chi connectivity index (χ4v) is 3.89. The lowest BCUT2D eigenvalue weighted by atomic mass is 10.0. The summed E-state index contributed by atoms with van der Waals surface area (Å²) >= 11 is 0. The predicted octanol–water partition coefficient (Wildman–Crippen LogP) is 8.65. The third-order valence-corrected chi connectivity index (χ3v) is 6.03. The van der Waals surface area contributed by atoms with E-state index in [0.717, 1.165) is 36.3 Å². The number of carbonyl (C=O) groups excluding carboxylic acids is 1. The fraction of sp³-hybridized carbons (Fsp3) is 0.387. The minimum Gasteiger partial charge on any atom is -0.494 e. The van der Waals surface area contributed by atoms with Crippen LogP contribution in [0.4, 0.5) is 0 Å². The average molecular weight is 459 g/mol. The summed E-state index contributed by atoms with van der Waals surface area (Å²) in [5.74, 6) is 0.962. The monoisotopic (exact) mass is 458 g/mol. The number of unbranched alkanes of at least 4 members (excludes halogenated alkanes) is 6. The van der Waals surface area contributed by atoms with E-state index in [2.05, 4.69) is 38.1 Å². The van der Waals surface area contributed by atoms with Gasteiger partial charge in [0, 0.05) is 0 Å². The van der Waals surface area contributed by atoms with Gasteiger partial charge in [-0.2, -0.15) is 0 Å². The molecule has 0 heterocycles. The number of aryl methyl sites for hydroxylation is 1. The zero-order chi connectivity index (χ0) is 24.0. The maximum absolute atomic E-state index is 12.6. The summed E-state index contributed by atoms with van der Waals surface area (Å²) in [7, 11) is 0. The molecular formula is C31H38O3. The van der Waals surface area contributed by atoms with Crippen molar-refractivity contribution >= 4 is 5.97 Å². The minimum absolute atomic E-state index is 0.359. The number of ether oxygens (including phenoxy) is 2. The summed E-state index contributed by atoms with van der Waals surface area (Å²) in [4.78, 5) is 12.6. The number of esters is 1. The van der Waals surface area contributed by atoms with E-state index in [4.69, 9.17) is 9.47 Å². The largest absolute Gasteiger partial charge is 0.494 e. The molecule has 0 atom stereocenters. The molecule has 0 radical (unpaired) electrons. The molecule has 3 nitrogen and oxygen atoms in total. The normalized spacial score (nSPS) is 10.8. The van der Waals surface area contributed by atoms with Crippen molar-refractivity contribution < 1.29 is 14.3 Å². The molecule has 0 aliphatic carbocycles. The Hall–Kier alpha value is -3.07. The molecule has 0 saturated heterocycles. The molecular weight excluding hydrogens is 420 g/mol. The zero-order valence-corrected chi connectivity index (χ0v) is 20.7. The molecule has 0 unspecified atom stereocenters. The molecule has 0 aliphatic rings. The highest BCUT2D eigenvalue weighted by Crippen LogP contribution is 2.23. The van der Waals surface area contributed by atoms with E-state index in [-0.39, 0.29) is 5.97 Å². The molecule has 0 N–H and O–H groups in total. The van der Waals surface area contributed by atoms with Gasteiger partial charge < -0.3 is 9.47 Å². The number of carbonyl (C=O) groups is 1. The molecule has 3 aromatic carbocycles. The van der Waals surface area contributed by atoms with E-state index in [1.807, 2.05) is 36.4 Å². The summed E-state index contributed by atoms with van der Waals surface area (Å²) in [5, 5.41) is 0. The summed E-state index contributed by atoms with van der Waals surface area (Å²) in [6, 6.07) is 23.5. The summed E-state index contributed by atoms with van der Waals surface area (Å²) in [5.41, 5.74) is 4.14. The van der Waals surface area contributed by atoms with Crippen LogP contribution in [0.25, 0.3) is 11.1 Å². The third-order valence-electron chi connectivity index (χ3n) is 6.03. The van der Waals surface area contributed by atoms with Gasteiger partial charge in [0.25, 0.3) is 0 Å². The SMILES string of the molecule is CCCCCCCCOc1ccc(OC(=O)c2ccc(-c3ccc(CCCC)cc3)cc2)cc1. The van der Waals surface area contributed by atoms with Crippen molar-refractivity contribution in [1.82, 2.24) is 0 Å². The van der Waals surface area contributed by atoms with Gasteiger partial charge in [0.05, 0.1) is 12.2 Å². The van der Waals surface area contributed by atoms with Crippen molar-refractivity contribution in [1.29, 1.82) is 0 Å². The zero-order valence-electron chi connectivity index (χ0n) is 20.7. The van der Waals surface area contributed by atoms with Crippen molar-refractivity contribution in [2.24, 2.45) is 0 Å². The van der Waals surface area contributed by atoms with Gasteiger partial charge in [-0.1, -0.05) is 88.8 Å². The van der Waals surface area contributed by atoms with E-state index >= 15 is 0 Å². The lowest BCUT2D eigenvalue weighted by Crippen LogP contribution is -2.08. The highest BCUT2D eigenvalue weighted by Gasteiger charge is 2.09. The first-order chi connectivity index (χ1) is 16.7. The lowest BCUT2D eigenvalue weighted by Gasteiger charge is -2.09. The Balaban J connectivity index is 1.46. The summed E-state index contributed by atoms with van der Waals surface area (Å²) < 4.78 is 11.3. The van der Waals surface area contributed by atoms with Gasteiger partial charge in [0.2, 0.25) is 0 Å². The summed E-state index contributed by atoms with van der Waals surface area (Å²) in [6.45, 7) is 5.16. The molecule has 0 bridgehead atoms. The van der Waals surface area contributed by atoms with Gasteiger partial charge in [0.15, 0.2) is 0 Å². The van der Waals surface area contributed by atoms with Crippen LogP contribution in [0.5, 0.6) is 11.5 Å². The summed E-state index contributed by atoms with van der Waals surface area (Å²) in [6.07, 6.45) is 11.0. The second kappa shape index (κ2) is 14.2. The van der Waals surface area contributed by atoms with Crippen LogP contribution < -0.4 is 9.47 Å². The third kappa shape index (κ3) is 8.37. The van der Waals surface area contributed by atoms with Crippen LogP contribution in [-0.4, -0.2) is 12.6 Å². The fourth-order valence-electron chi connectivity index (χ4n) is 3.89. The Bertz CT molecular complexity index is 973. The molecule has 0 aromatic heterocycles. The average Bonchev–Trinajstić information content (AvgIpc) is 2.88. The van der Waals surface area contributed by atoms with Gasteiger partial charge in [-0.05, 0) is 72.4 Å². The van der Waals surface area contributed by atoms with Crippen LogP contribution in [0.3, 0.4) is 0 Å². The highest BCUT2D eigenvalue weighted by atomic mass is 16.5. The van der Waals surface area contributed by atoms with Crippen molar-refractivity contribution in [3.63, 3.8) is 0 Å². The minimum atomic E-state index is -0.359. The standard InChI is InChI=1S/C31H38O3/c1-3-5-7-8-9-10-24-33-29-20-22-30(23-21-29)34-31(32)28-18-16-27(17-19-28)26-14-12-25(13-15-26)11-6-4-2/h12-23H,3-11,24H2,1-2H3. The number of hydrogen-bond acceptors (Lipinski definition) is 3. The van der Waals surface area contributed by atoms with E-state index in [0.29, 0.717) is 11.3 Å². The molecule has 180 valence electrons. The van der Waals surface area contributed by atoms with E-state index in [9.17, 15) is 4.79 Å². The van der Waals surface area contributed by atoms with E-state index < -0.39 is 0 Å². The van der Waals surface area contributed by atoms with Gasteiger partial charge >= 0.3 is 5.97 Å². The van der Waals surface area contributed by atoms with Gasteiger partial charge in [-0.25, -0.2) is 4.79 Å². The second-order valence-electron chi connectivity index (χ2n) is 8.85. The van der Waals surface area contributed by atoms with Gasteiger partial charge in [-0.15, -0.1) is 0 Å². The smallest absolute Gasteiger partial charge is 0.343 e. The maximum Gasteiger partial charge on any atom is 0.343 e. The number of hydrogen-bond donors (Lipinski definition) is 0. The maximum atomic E-state index is 12.6. The molecule has 3 heteroatoms. The van der Waals surface area contributed by atoms with Gasteiger partial charge in [-0.3, -0.25) is 0 Å². The number of benzene rings is 3. The van der Waals surface area contributed by atoms with Crippen LogP contribution in [0.2, 0.25) is 0 Å². The van der Waals surface area contributed by atoms with Crippen LogP contribution in [-0.2, 0) is 6.42 Å². The Morgan fingerprint density at radius 3 is 1.82 bits per heavy atom. The van der Waals surface area contributed by atoms with Crippen LogP contribution >= 0.6 is 0 Å². The second-order valence-corrected chi connectivity index (χ2v) is 8.85. The van der Waals surface area contributed by atoms with Gasteiger partial charge in [0.1, 0.15) is 11.5 Å². The van der Waals surface area contributed by atoms with E-state index in [1.54, 1.807) is 12.1 Å². The van der Waals surface area contributed by atoms with E-state index in [1.165, 1.54) is 50.5 Å². The first-order valence-corrected chi connectivity index (χ1v) is 12.8. The molecule has 0 amide bonds. The van der Waals surface area contributed by atoms with Crippen molar-refractivity contribution in [2.45, 2.75) is 71.6 Å². The molecule has 0 spiro atoms. The number of rotatable bonds is 14. The molecule has 3 aromatic rings. The van der Waals surface area contributed by atoms with Crippen molar-refractivity contribution in [3.05, 3.63) is 83.9 Å². The van der Waals surface area contributed by atoms with Crippen LogP contribution in [0.1, 0.15) is 81.1 Å². The Kier molecular flexibility index (Phi) is 10.7. The molecule has 3 rings (SSSR count). The molecule has 34 heavy (non-hydrogen) atoms. The highest BCUT2D eigenvalue weighted by molar-refractivity contribution is 5.91. The molecule has 0 fully saturated rings. The van der Waals surface area contributed by atoms with Crippen molar-refractivity contribution in [3.8, 4) is 22.6 Å². The Labute approximate surface area is 205 Å². The Morgan fingerprint density at radius 2 is 1.18 bits per heavy atom. The topological polar surface area (TPSA) is 35.5 Å². The molecule has 0 saturated carbocycles. The predicted molar refractivity (Wildman–Crippen MR) is 141 cm³/mol.